The van der Waals surface area contributed by atoms with Crippen molar-refractivity contribution in [2.24, 2.45) is 0 Å². The Morgan fingerprint density at radius 2 is 1.74 bits per heavy atom. The highest BCUT2D eigenvalue weighted by atomic mass is 32.2. The van der Waals surface area contributed by atoms with Crippen LogP contribution in [0.1, 0.15) is 18.1 Å². The van der Waals surface area contributed by atoms with Gasteiger partial charge in [-0.05, 0) is 36.9 Å². The summed E-state index contributed by atoms with van der Waals surface area (Å²) in [4.78, 5) is 3.27. The van der Waals surface area contributed by atoms with Gasteiger partial charge in [0.15, 0.2) is 0 Å². The number of hydrogen-bond donors (Lipinski definition) is 0. The molecule has 19 heavy (non-hydrogen) atoms. The van der Waals surface area contributed by atoms with Gasteiger partial charge in [0.1, 0.15) is 6.07 Å². The zero-order valence-electron chi connectivity index (χ0n) is 11.0. The fourth-order valence-corrected chi connectivity index (χ4v) is 3.50. The fourth-order valence-electron chi connectivity index (χ4n) is 1.72. The van der Waals surface area contributed by atoms with Crippen molar-refractivity contribution in [1.82, 2.24) is 0 Å². The minimum absolute atomic E-state index is 0.792. The van der Waals surface area contributed by atoms with Crippen molar-refractivity contribution >= 4 is 23.5 Å². The third kappa shape index (κ3) is 3.56. The van der Waals surface area contributed by atoms with E-state index in [9.17, 15) is 5.26 Å². The highest BCUT2D eigenvalue weighted by Gasteiger charge is 2.09. The predicted octanol–water partition coefficient (Wildman–Crippen LogP) is 5.13. The molecule has 0 aliphatic rings. The van der Waals surface area contributed by atoms with Crippen molar-refractivity contribution < 1.29 is 0 Å². The first-order valence-electron chi connectivity index (χ1n) is 6.15. The standard InChI is InChI=1S/C16H15NS2/c1-3-18-15-5-4-6-16(14(15)11-17)19-13-9-7-12(2)8-10-13/h4-10H,3H2,1-2H3. The number of thioether (sulfide) groups is 1. The van der Waals surface area contributed by atoms with E-state index >= 15 is 0 Å². The van der Waals surface area contributed by atoms with Gasteiger partial charge < -0.3 is 0 Å². The maximum absolute atomic E-state index is 9.37. The molecule has 0 saturated carbocycles. The number of benzene rings is 2. The van der Waals surface area contributed by atoms with Gasteiger partial charge in [-0.1, -0.05) is 42.4 Å². The summed E-state index contributed by atoms with van der Waals surface area (Å²) in [7, 11) is 0. The van der Waals surface area contributed by atoms with Crippen LogP contribution in [0, 0.1) is 18.3 Å². The third-order valence-electron chi connectivity index (χ3n) is 2.65. The van der Waals surface area contributed by atoms with E-state index in [1.807, 2.05) is 18.2 Å². The van der Waals surface area contributed by atoms with Gasteiger partial charge >= 0.3 is 0 Å². The van der Waals surface area contributed by atoms with Crippen LogP contribution in [0.4, 0.5) is 0 Å². The molecule has 1 nitrogen and oxygen atoms in total. The van der Waals surface area contributed by atoms with Crippen molar-refractivity contribution in [2.45, 2.75) is 28.5 Å². The molecule has 3 heteroatoms. The van der Waals surface area contributed by atoms with E-state index in [4.69, 9.17) is 0 Å². The summed E-state index contributed by atoms with van der Waals surface area (Å²) in [5.41, 5.74) is 2.04. The maximum atomic E-state index is 9.37. The first-order valence-corrected chi connectivity index (χ1v) is 7.95. The zero-order valence-corrected chi connectivity index (χ0v) is 12.6. The summed E-state index contributed by atoms with van der Waals surface area (Å²) >= 11 is 3.37. The Bertz CT molecular complexity index is 597. The van der Waals surface area contributed by atoms with Crippen LogP contribution in [-0.2, 0) is 0 Å². The molecular formula is C16H15NS2. The Balaban J connectivity index is 2.32. The van der Waals surface area contributed by atoms with Gasteiger partial charge in [-0.25, -0.2) is 0 Å². The Hall–Kier alpha value is -1.37. The molecule has 0 N–H and O–H groups in total. The first kappa shape index (κ1) is 14.0. The Morgan fingerprint density at radius 3 is 2.37 bits per heavy atom. The fraction of sp³-hybridized carbons (Fsp3) is 0.188. The Kier molecular flexibility index (Phi) is 4.95. The monoisotopic (exact) mass is 285 g/mol. The maximum Gasteiger partial charge on any atom is 0.101 e. The van der Waals surface area contributed by atoms with Crippen LogP contribution in [0.25, 0.3) is 0 Å². The molecule has 0 heterocycles. The summed E-state index contributed by atoms with van der Waals surface area (Å²) < 4.78 is 0. The van der Waals surface area contributed by atoms with Crippen molar-refractivity contribution in [3.63, 3.8) is 0 Å². The van der Waals surface area contributed by atoms with Crippen LogP contribution in [0.15, 0.2) is 57.2 Å². The van der Waals surface area contributed by atoms with Gasteiger partial charge in [0.2, 0.25) is 0 Å². The molecule has 0 aliphatic carbocycles. The summed E-state index contributed by atoms with van der Waals surface area (Å²) in [6.07, 6.45) is 0. The quantitative estimate of drug-likeness (QED) is 0.728. The molecule has 0 bridgehead atoms. The lowest BCUT2D eigenvalue weighted by Gasteiger charge is -2.08. The second-order valence-corrected chi connectivity index (χ2v) is 6.51. The minimum Gasteiger partial charge on any atom is -0.192 e. The zero-order chi connectivity index (χ0) is 13.7. The molecule has 0 aromatic heterocycles. The van der Waals surface area contributed by atoms with Gasteiger partial charge in [-0.2, -0.15) is 5.26 Å². The highest BCUT2D eigenvalue weighted by Crippen LogP contribution is 2.34. The molecule has 0 amide bonds. The lowest BCUT2D eigenvalue weighted by Crippen LogP contribution is -1.86. The lowest BCUT2D eigenvalue weighted by atomic mass is 10.2. The van der Waals surface area contributed by atoms with Crippen molar-refractivity contribution in [3.05, 3.63) is 53.6 Å². The van der Waals surface area contributed by atoms with Crippen LogP contribution in [0.3, 0.4) is 0 Å². The number of nitriles is 1. The van der Waals surface area contributed by atoms with E-state index in [2.05, 4.69) is 44.2 Å². The predicted molar refractivity (Wildman–Crippen MR) is 82.9 cm³/mol. The summed E-state index contributed by atoms with van der Waals surface area (Å²) in [6.45, 7) is 4.18. The van der Waals surface area contributed by atoms with Gasteiger partial charge in [0, 0.05) is 14.7 Å². The molecule has 0 unspecified atom stereocenters. The number of hydrogen-bond acceptors (Lipinski definition) is 3. The molecule has 0 fully saturated rings. The largest absolute Gasteiger partial charge is 0.192 e. The molecule has 0 saturated heterocycles. The summed E-state index contributed by atoms with van der Waals surface area (Å²) in [5.74, 6) is 0.979. The van der Waals surface area contributed by atoms with Gasteiger partial charge in [-0.15, -0.1) is 11.8 Å². The molecule has 0 radical (unpaired) electrons. The smallest absolute Gasteiger partial charge is 0.101 e. The topological polar surface area (TPSA) is 23.8 Å². The normalized spacial score (nSPS) is 10.2. The minimum atomic E-state index is 0.792. The second kappa shape index (κ2) is 6.70. The van der Waals surface area contributed by atoms with E-state index in [-0.39, 0.29) is 0 Å². The second-order valence-electron chi connectivity index (χ2n) is 4.09. The van der Waals surface area contributed by atoms with E-state index in [0.717, 1.165) is 21.1 Å². The van der Waals surface area contributed by atoms with Crippen LogP contribution in [0.5, 0.6) is 0 Å². The van der Waals surface area contributed by atoms with E-state index in [1.165, 1.54) is 10.5 Å². The van der Waals surface area contributed by atoms with Crippen molar-refractivity contribution in [3.8, 4) is 6.07 Å². The SMILES string of the molecule is CCSc1cccc(Sc2ccc(C)cc2)c1C#N. The average Bonchev–Trinajstić information content (AvgIpc) is 2.42. The molecule has 0 atom stereocenters. The molecule has 96 valence electrons. The Morgan fingerprint density at radius 1 is 1.05 bits per heavy atom. The summed E-state index contributed by atoms with van der Waals surface area (Å²) in [6, 6.07) is 16.8. The first-order chi connectivity index (χ1) is 9.24. The number of rotatable bonds is 4. The summed E-state index contributed by atoms with van der Waals surface area (Å²) in [5, 5.41) is 9.37. The van der Waals surface area contributed by atoms with E-state index in [1.54, 1.807) is 23.5 Å². The van der Waals surface area contributed by atoms with Gasteiger partial charge in [0.25, 0.3) is 0 Å². The van der Waals surface area contributed by atoms with Crippen LogP contribution in [0.2, 0.25) is 0 Å². The molecule has 2 rings (SSSR count). The van der Waals surface area contributed by atoms with E-state index in [0.29, 0.717) is 0 Å². The highest BCUT2D eigenvalue weighted by molar-refractivity contribution is 8.00. The van der Waals surface area contributed by atoms with Gasteiger partial charge in [0.05, 0.1) is 5.56 Å². The third-order valence-corrected chi connectivity index (χ3v) is 4.66. The van der Waals surface area contributed by atoms with Crippen molar-refractivity contribution in [2.75, 3.05) is 5.75 Å². The van der Waals surface area contributed by atoms with Crippen molar-refractivity contribution in [1.29, 1.82) is 5.26 Å². The van der Waals surface area contributed by atoms with Crippen LogP contribution < -0.4 is 0 Å². The molecule has 0 aliphatic heterocycles. The van der Waals surface area contributed by atoms with Crippen LogP contribution in [-0.4, -0.2) is 5.75 Å². The molecule has 2 aromatic rings. The Labute approximate surface area is 123 Å². The number of aryl methyl sites for hydroxylation is 1. The average molecular weight is 285 g/mol. The number of nitrogens with zero attached hydrogens (tertiary/aromatic N) is 1. The molecule has 2 aromatic carbocycles. The molecular weight excluding hydrogens is 270 g/mol. The van der Waals surface area contributed by atoms with Gasteiger partial charge in [-0.3, -0.25) is 0 Å². The lowest BCUT2D eigenvalue weighted by molar-refractivity contribution is 1.25. The van der Waals surface area contributed by atoms with E-state index < -0.39 is 0 Å². The van der Waals surface area contributed by atoms with Crippen LogP contribution >= 0.6 is 23.5 Å². The molecule has 0 spiro atoms.